The van der Waals surface area contributed by atoms with Gasteiger partial charge in [0.1, 0.15) is 13.2 Å². The van der Waals surface area contributed by atoms with Gasteiger partial charge in [-0.25, -0.2) is 9.59 Å². The molecule has 0 saturated carbocycles. The highest BCUT2D eigenvalue weighted by atomic mass is 32.2. The maximum Gasteiger partial charge on any atom is 0.426 e. The normalized spacial score (nSPS) is 20.1. The van der Waals surface area contributed by atoms with E-state index in [1.54, 1.807) is 0 Å². The molecule has 8 nitrogen and oxygen atoms in total. The van der Waals surface area contributed by atoms with Crippen LogP contribution < -0.4 is 0 Å². The van der Waals surface area contributed by atoms with Crippen molar-refractivity contribution in [1.29, 1.82) is 0 Å². The first-order valence-corrected chi connectivity index (χ1v) is 9.53. The van der Waals surface area contributed by atoms with Gasteiger partial charge in [-0.2, -0.15) is 12.7 Å². The van der Waals surface area contributed by atoms with Gasteiger partial charge in [-0.1, -0.05) is 48.5 Å². The van der Waals surface area contributed by atoms with Crippen molar-refractivity contribution in [2.24, 2.45) is 0 Å². The number of carboxylic acid groups (broad SMARTS) is 1. The number of ether oxygens (including phenoxy) is 1. The van der Waals surface area contributed by atoms with Crippen LogP contribution in [0.1, 0.15) is 17.0 Å². The molecule has 1 atom stereocenters. The highest BCUT2D eigenvalue weighted by Crippen LogP contribution is 2.44. The highest BCUT2D eigenvalue weighted by Gasteiger charge is 2.48. The zero-order valence-electron chi connectivity index (χ0n) is 13.9. The lowest BCUT2D eigenvalue weighted by Gasteiger charge is -2.19. The van der Waals surface area contributed by atoms with Gasteiger partial charge in [-0.3, -0.25) is 4.18 Å². The molecule has 4 rings (SSSR count). The molecule has 1 heterocycles. The van der Waals surface area contributed by atoms with Crippen molar-refractivity contribution in [3.63, 3.8) is 0 Å². The average Bonchev–Trinajstić information content (AvgIpc) is 3.14. The number of amides is 1. The third-order valence-electron chi connectivity index (χ3n) is 4.70. The van der Waals surface area contributed by atoms with Crippen LogP contribution in [0, 0.1) is 0 Å². The Bertz CT molecular complexity index is 988. The van der Waals surface area contributed by atoms with Crippen molar-refractivity contribution >= 4 is 22.4 Å². The predicted molar refractivity (Wildman–Crippen MR) is 93.2 cm³/mol. The zero-order chi connectivity index (χ0) is 19.2. The van der Waals surface area contributed by atoms with Crippen LogP contribution in [0.5, 0.6) is 0 Å². The number of aliphatic carboxylic acids is 1. The number of hydrogen-bond donors (Lipinski definition) is 1. The van der Waals surface area contributed by atoms with Gasteiger partial charge >= 0.3 is 22.4 Å². The fourth-order valence-electron chi connectivity index (χ4n) is 3.48. The Labute approximate surface area is 155 Å². The lowest BCUT2D eigenvalue weighted by molar-refractivity contribution is -0.141. The number of benzene rings is 2. The maximum atomic E-state index is 12.3. The summed E-state index contributed by atoms with van der Waals surface area (Å²) in [6.07, 6.45) is -1.26. The Morgan fingerprint density at radius 3 is 2.19 bits per heavy atom. The Morgan fingerprint density at radius 1 is 1.07 bits per heavy atom. The Hall–Kier alpha value is -2.91. The molecular weight excluding hydrogens is 374 g/mol. The minimum Gasteiger partial charge on any atom is -0.480 e. The molecule has 27 heavy (non-hydrogen) atoms. The van der Waals surface area contributed by atoms with Crippen LogP contribution in [0.3, 0.4) is 0 Å². The number of fused-ring (bicyclic) bond motifs is 3. The monoisotopic (exact) mass is 389 g/mol. The summed E-state index contributed by atoms with van der Waals surface area (Å²) < 4.78 is 33.5. The quantitative estimate of drug-likeness (QED) is 0.854. The van der Waals surface area contributed by atoms with Crippen LogP contribution in [-0.2, 0) is 24.0 Å². The van der Waals surface area contributed by atoms with E-state index < -0.39 is 35.0 Å². The molecule has 2 aromatic carbocycles. The third-order valence-corrected chi connectivity index (χ3v) is 6.02. The van der Waals surface area contributed by atoms with Gasteiger partial charge in [0.15, 0.2) is 6.04 Å². The first-order valence-electron chi connectivity index (χ1n) is 8.16. The molecule has 1 N–H and O–H groups in total. The van der Waals surface area contributed by atoms with E-state index in [1.807, 2.05) is 48.5 Å². The van der Waals surface area contributed by atoms with Crippen molar-refractivity contribution in [2.75, 3.05) is 13.2 Å². The summed E-state index contributed by atoms with van der Waals surface area (Å²) >= 11 is 0. The fourth-order valence-corrected chi connectivity index (χ4v) is 4.59. The first kappa shape index (κ1) is 17.5. The minimum atomic E-state index is -4.47. The van der Waals surface area contributed by atoms with E-state index in [0.29, 0.717) is 0 Å². The maximum absolute atomic E-state index is 12.3. The van der Waals surface area contributed by atoms with Crippen LogP contribution in [0.2, 0.25) is 0 Å². The van der Waals surface area contributed by atoms with E-state index in [-0.39, 0.29) is 16.8 Å². The number of carbonyl (C=O) groups excluding carboxylic acids is 1. The summed E-state index contributed by atoms with van der Waals surface area (Å²) in [4.78, 5) is 23.5. The van der Waals surface area contributed by atoms with E-state index in [9.17, 15) is 18.0 Å². The average molecular weight is 389 g/mol. The van der Waals surface area contributed by atoms with Gasteiger partial charge < -0.3 is 9.84 Å². The molecular formula is C18H15NO7S. The lowest BCUT2D eigenvalue weighted by atomic mass is 9.98. The van der Waals surface area contributed by atoms with Gasteiger partial charge in [0, 0.05) is 5.92 Å². The fraction of sp³-hybridized carbons (Fsp3) is 0.222. The second-order valence-corrected chi connectivity index (χ2v) is 7.68. The molecule has 0 aromatic heterocycles. The van der Waals surface area contributed by atoms with Crippen LogP contribution in [-0.4, -0.2) is 49.1 Å². The Balaban J connectivity index is 1.59. The molecule has 2 aromatic rings. The van der Waals surface area contributed by atoms with E-state index in [0.717, 1.165) is 22.3 Å². The molecule has 0 bridgehead atoms. The van der Waals surface area contributed by atoms with Crippen LogP contribution in [0.15, 0.2) is 48.5 Å². The second-order valence-electron chi connectivity index (χ2n) is 6.20. The summed E-state index contributed by atoms with van der Waals surface area (Å²) in [6.45, 7) is -0.757. The van der Waals surface area contributed by atoms with Gasteiger partial charge in [-0.15, -0.1) is 0 Å². The van der Waals surface area contributed by atoms with Crippen LogP contribution in [0.4, 0.5) is 4.79 Å². The molecule has 1 fully saturated rings. The Morgan fingerprint density at radius 2 is 1.63 bits per heavy atom. The molecule has 1 saturated heterocycles. The predicted octanol–water partition coefficient (Wildman–Crippen LogP) is 1.97. The zero-order valence-corrected chi connectivity index (χ0v) is 14.8. The summed E-state index contributed by atoms with van der Waals surface area (Å²) in [7, 11) is -4.47. The molecule has 9 heteroatoms. The van der Waals surface area contributed by atoms with Gasteiger partial charge in [0.25, 0.3) is 0 Å². The van der Waals surface area contributed by atoms with Crippen molar-refractivity contribution in [1.82, 2.24) is 4.31 Å². The van der Waals surface area contributed by atoms with Gasteiger partial charge in [-0.05, 0) is 22.3 Å². The van der Waals surface area contributed by atoms with Crippen LogP contribution in [0.25, 0.3) is 11.1 Å². The topological polar surface area (TPSA) is 110 Å². The summed E-state index contributed by atoms with van der Waals surface area (Å²) in [5.41, 5.74) is 3.97. The van der Waals surface area contributed by atoms with Crippen molar-refractivity contribution in [2.45, 2.75) is 12.0 Å². The molecule has 0 unspecified atom stereocenters. The SMILES string of the molecule is O=C(O)[C@@H]1COS(=O)(=O)N1C(=O)OCC1c2ccccc2-c2ccccc21. The molecule has 140 valence electrons. The summed E-state index contributed by atoms with van der Waals surface area (Å²) in [5, 5.41) is 9.11. The van der Waals surface area contributed by atoms with E-state index in [1.165, 1.54) is 0 Å². The second kappa shape index (κ2) is 6.36. The number of carboxylic acids is 1. The molecule has 0 radical (unpaired) electrons. The molecule has 0 spiro atoms. The molecule has 2 aliphatic rings. The summed E-state index contributed by atoms with van der Waals surface area (Å²) in [6, 6.07) is 13.7. The van der Waals surface area contributed by atoms with E-state index >= 15 is 0 Å². The standard InChI is InChI=1S/C18H15NO7S/c20-17(21)16-10-26-27(23,24)19(16)18(22)25-9-15-13-7-3-1-5-11(13)12-6-2-4-8-14(12)15/h1-8,15-16H,9-10H2,(H,20,21)/t16-/m0/s1. The largest absolute Gasteiger partial charge is 0.480 e. The number of nitrogens with zero attached hydrogens (tertiary/aromatic N) is 1. The van der Waals surface area contributed by atoms with Crippen molar-refractivity contribution in [3.05, 3.63) is 59.7 Å². The lowest BCUT2D eigenvalue weighted by Crippen LogP contribution is -2.44. The molecule has 1 aliphatic carbocycles. The Kier molecular flexibility index (Phi) is 4.12. The molecule has 1 aliphatic heterocycles. The number of carbonyl (C=O) groups is 2. The van der Waals surface area contributed by atoms with E-state index in [4.69, 9.17) is 9.84 Å². The van der Waals surface area contributed by atoms with Crippen molar-refractivity contribution < 1.29 is 32.0 Å². The van der Waals surface area contributed by atoms with Crippen LogP contribution >= 0.6 is 0 Å². The highest BCUT2D eigenvalue weighted by molar-refractivity contribution is 7.85. The van der Waals surface area contributed by atoms with E-state index in [2.05, 4.69) is 4.18 Å². The number of rotatable bonds is 3. The number of hydrogen-bond acceptors (Lipinski definition) is 6. The third kappa shape index (κ3) is 2.84. The minimum absolute atomic E-state index is 0.120. The summed E-state index contributed by atoms with van der Waals surface area (Å²) in [5.74, 6) is -1.75. The smallest absolute Gasteiger partial charge is 0.426 e. The van der Waals surface area contributed by atoms with Gasteiger partial charge in [0.05, 0.1) is 0 Å². The van der Waals surface area contributed by atoms with Gasteiger partial charge in [0.2, 0.25) is 0 Å². The van der Waals surface area contributed by atoms with Crippen molar-refractivity contribution in [3.8, 4) is 11.1 Å². The first-order chi connectivity index (χ1) is 12.9. The molecule has 1 amide bonds.